The van der Waals surface area contributed by atoms with E-state index in [2.05, 4.69) is 115 Å². The number of aryl methyl sites for hydroxylation is 2. The van der Waals surface area contributed by atoms with Gasteiger partial charge >= 0.3 is 41.6 Å². The maximum Gasteiger partial charge on any atom is -0.0308 e. The van der Waals surface area contributed by atoms with Crippen molar-refractivity contribution in [3.8, 4) is 0 Å². The Morgan fingerprint density at radius 3 is 1.33 bits per heavy atom. The molecule has 0 unspecified atom stereocenters. The molecule has 4 aromatic rings. The number of fused-ring (bicyclic) bond motifs is 2. The molecule has 0 saturated carbocycles. The van der Waals surface area contributed by atoms with Crippen LogP contribution in [0.1, 0.15) is 61.8 Å². The fourth-order valence-corrected chi connectivity index (χ4v) is 3.82. The zero-order valence-corrected chi connectivity index (χ0v) is 24.5. The third-order valence-corrected chi connectivity index (χ3v) is 5.10. The summed E-state index contributed by atoms with van der Waals surface area (Å²) >= 11 is 1.45. The summed E-state index contributed by atoms with van der Waals surface area (Å²) in [6.45, 7) is 18.0. The summed E-state index contributed by atoms with van der Waals surface area (Å²) in [5, 5.41) is 5.61. The first-order valence-electron chi connectivity index (χ1n) is 10.9. The fraction of sp³-hybridized carbons (Fsp3) is 0.357. The van der Waals surface area contributed by atoms with Crippen molar-refractivity contribution < 1.29 is 23.0 Å². The van der Waals surface area contributed by atoms with Crippen LogP contribution in [0.25, 0.3) is 21.5 Å². The van der Waals surface area contributed by atoms with Crippen LogP contribution in [0.2, 0.25) is 13.1 Å². The molecule has 0 aromatic heterocycles. The van der Waals surface area contributed by atoms with Gasteiger partial charge in [-0.05, 0) is 11.8 Å². The summed E-state index contributed by atoms with van der Waals surface area (Å²) in [6.07, 6.45) is 0. The van der Waals surface area contributed by atoms with Gasteiger partial charge in [0.1, 0.15) is 0 Å². The van der Waals surface area contributed by atoms with Gasteiger partial charge in [0.2, 0.25) is 0 Å². The average Bonchev–Trinajstić information content (AvgIpc) is 3.21. The summed E-state index contributed by atoms with van der Waals surface area (Å²) in [6, 6.07) is 22.2. The van der Waals surface area contributed by atoms with E-state index in [1.54, 1.807) is 0 Å². The van der Waals surface area contributed by atoms with Crippen molar-refractivity contribution in [2.75, 3.05) is 0 Å². The molecule has 0 N–H and O–H groups in total. The molecular weight excluding hydrogens is 543 g/mol. The number of hydrogen-bond acceptors (Lipinski definition) is 0. The predicted molar refractivity (Wildman–Crippen MR) is 134 cm³/mol. The van der Waals surface area contributed by atoms with E-state index < -0.39 is 0 Å². The van der Waals surface area contributed by atoms with E-state index in [0.717, 1.165) is 0 Å². The van der Waals surface area contributed by atoms with Gasteiger partial charge in [0.05, 0.1) is 0 Å². The molecule has 30 heavy (non-hydrogen) atoms. The largest absolute Gasteiger partial charge is 0.165 e. The van der Waals surface area contributed by atoms with Crippen LogP contribution in [0, 0.1) is 13.8 Å². The molecule has 0 spiro atoms. The second-order valence-electron chi connectivity index (χ2n) is 9.08. The normalized spacial score (nSPS) is 10.8. The second kappa shape index (κ2) is 11.4. The Morgan fingerprint density at radius 2 is 1.03 bits per heavy atom. The van der Waals surface area contributed by atoms with E-state index in [4.69, 9.17) is 0 Å². The molecule has 0 bridgehead atoms. The van der Waals surface area contributed by atoms with Crippen molar-refractivity contribution in [2.24, 2.45) is 0 Å². The first-order valence-corrected chi connectivity index (χ1v) is 18.8. The number of hydrogen-bond donors (Lipinski definition) is 0. The number of rotatable bonds is 2. The van der Waals surface area contributed by atoms with Crippen LogP contribution in [0.5, 0.6) is 0 Å². The Hall–Kier alpha value is -1.25. The molecule has 0 aliphatic heterocycles. The van der Waals surface area contributed by atoms with Gasteiger partial charge in [-0.15, -0.1) is 69.1 Å². The molecular formula is C28H36HfSi. The van der Waals surface area contributed by atoms with Gasteiger partial charge in [-0.1, -0.05) is 64.8 Å². The Balaban J connectivity index is 0.000000182. The Labute approximate surface area is 198 Å². The minimum Gasteiger partial charge on any atom is -0.165 e. The van der Waals surface area contributed by atoms with Gasteiger partial charge in [0.15, 0.2) is 0 Å². The standard InChI is InChI=1S/2C13H15.C2H6Si.Hf/c2*1-9(2)12-6-4-5-11-7-10(3)8-13(11)12;1-3-2;/h2*4-9H,1-3H3;1-2H3;/q2*-1;;+2. The van der Waals surface area contributed by atoms with Gasteiger partial charge in [-0.3, -0.25) is 0 Å². The first-order chi connectivity index (χ1) is 14.1. The van der Waals surface area contributed by atoms with Gasteiger partial charge < -0.3 is 0 Å². The van der Waals surface area contributed by atoms with Crippen molar-refractivity contribution in [3.05, 3.63) is 82.9 Å². The first kappa shape index (κ1) is 25.0. The van der Waals surface area contributed by atoms with Gasteiger partial charge in [0.25, 0.3) is 0 Å². The molecule has 0 amide bonds. The predicted octanol–water partition coefficient (Wildman–Crippen LogP) is 8.77. The van der Waals surface area contributed by atoms with Crippen LogP contribution in [-0.4, -0.2) is 5.49 Å². The van der Waals surface area contributed by atoms with Crippen LogP contribution < -0.4 is 0 Å². The second-order valence-corrected chi connectivity index (χ2v) is 21.9. The zero-order valence-electron chi connectivity index (χ0n) is 19.9. The molecule has 156 valence electrons. The van der Waals surface area contributed by atoms with Crippen molar-refractivity contribution in [2.45, 2.75) is 66.5 Å². The minimum atomic E-state index is 0.259. The quantitative estimate of drug-likeness (QED) is 0.165. The van der Waals surface area contributed by atoms with Gasteiger partial charge in [-0.2, -0.15) is 12.1 Å². The smallest absolute Gasteiger partial charge is 0.0308 e. The van der Waals surface area contributed by atoms with E-state index >= 15 is 0 Å². The summed E-state index contributed by atoms with van der Waals surface area (Å²) in [7, 11) is 0. The molecule has 0 aliphatic rings. The molecule has 4 rings (SSSR count). The maximum absolute atomic E-state index is 2.33. The zero-order chi connectivity index (χ0) is 22.4. The molecule has 0 atom stereocenters. The van der Waals surface area contributed by atoms with Crippen LogP contribution in [0.4, 0.5) is 0 Å². The van der Waals surface area contributed by atoms with E-state index in [0.29, 0.717) is 11.8 Å². The molecule has 2 heteroatoms. The Morgan fingerprint density at radius 1 is 0.700 bits per heavy atom. The summed E-state index contributed by atoms with van der Waals surface area (Å²) in [5.74, 6) is 1.23. The Bertz CT molecular complexity index is 1020. The molecule has 0 heterocycles. The van der Waals surface area contributed by atoms with E-state index in [1.807, 2.05) is 0 Å². The van der Waals surface area contributed by atoms with E-state index in [1.165, 1.54) is 66.8 Å². The summed E-state index contributed by atoms with van der Waals surface area (Å²) in [4.78, 5) is 0. The van der Waals surface area contributed by atoms with E-state index in [-0.39, 0.29) is 5.49 Å². The number of benzene rings is 2. The fourth-order valence-electron chi connectivity index (χ4n) is 3.82. The van der Waals surface area contributed by atoms with Gasteiger partial charge in [-0.25, -0.2) is 0 Å². The molecule has 0 aliphatic carbocycles. The molecule has 4 aromatic carbocycles. The topological polar surface area (TPSA) is 0 Å². The van der Waals surface area contributed by atoms with Crippen LogP contribution in [-0.2, 0) is 23.0 Å². The monoisotopic (exact) mass is 580 g/mol. The third-order valence-electron chi connectivity index (χ3n) is 5.10. The SMILES string of the molecule is C[Si](C)=[Hf+2].Cc1cc2c(C(C)C)cccc2[cH-]1.Cc1cc2c(C(C)C)cccc2[cH-]1. The minimum absolute atomic E-state index is 0.259. The van der Waals surface area contributed by atoms with Crippen molar-refractivity contribution >= 4 is 27.0 Å². The molecule has 0 saturated heterocycles. The van der Waals surface area contributed by atoms with Crippen LogP contribution in [0.15, 0.2) is 60.7 Å². The van der Waals surface area contributed by atoms with Crippen molar-refractivity contribution in [1.82, 2.24) is 0 Å². The Kier molecular flexibility index (Phi) is 9.50. The average molecular weight is 579 g/mol. The maximum atomic E-state index is 2.33. The molecule has 0 nitrogen and oxygen atoms in total. The summed E-state index contributed by atoms with van der Waals surface area (Å²) in [5.41, 5.74) is 5.91. The van der Waals surface area contributed by atoms with Crippen molar-refractivity contribution in [1.29, 1.82) is 0 Å². The van der Waals surface area contributed by atoms with Gasteiger partial charge in [0, 0.05) is 0 Å². The van der Waals surface area contributed by atoms with E-state index in [9.17, 15) is 0 Å². The third kappa shape index (κ3) is 6.89. The van der Waals surface area contributed by atoms with Crippen molar-refractivity contribution in [3.63, 3.8) is 0 Å². The van der Waals surface area contributed by atoms with Crippen LogP contribution >= 0.6 is 0 Å². The molecule has 0 fully saturated rings. The van der Waals surface area contributed by atoms with Crippen LogP contribution in [0.3, 0.4) is 0 Å². The molecule has 0 radical (unpaired) electrons. The summed E-state index contributed by atoms with van der Waals surface area (Å²) < 4.78 is 0.